The van der Waals surface area contributed by atoms with Crippen molar-refractivity contribution in [3.63, 3.8) is 0 Å². The fraction of sp³-hybridized carbons (Fsp3) is 0.500. The second-order valence-electron chi connectivity index (χ2n) is 6.98. The second kappa shape index (κ2) is 8.06. The van der Waals surface area contributed by atoms with E-state index in [4.69, 9.17) is 4.74 Å². The van der Waals surface area contributed by atoms with Crippen LogP contribution in [0.5, 0.6) is 0 Å². The van der Waals surface area contributed by atoms with Gasteiger partial charge in [0.05, 0.1) is 13.0 Å². The van der Waals surface area contributed by atoms with Gasteiger partial charge in [-0.25, -0.2) is 9.67 Å². The lowest BCUT2D eigenvalue weighted by Crippen LogP contribution is -2.32. The summed E-state index contributed by atoms with van der Waals surface area (Å²) in [5.41, 5.74) is 1.91. The summed E-state index contributed by atoms with van der Waals surface area (Å²) >= 11 is 0. The van der Waals surface area contributed by atoms with E-state index in [1.54, 1.807) is 11.0 Å². The summed E-state index contributed by atoms with van der Waals surface area (Å²) in [4.78, 5) is 15.7. The van der Waals surface area contributed by atoms with Crippen LogP contribution in [-0.4, -0.2) is 32.4 Å². The van der Waals surface area contributed by atoms with Crippen LogP contribution in [0.3, 0.4) is 0 Å². The molecular formula is C18H26N4O2. The zero-order chi connectivity index (χ0) is 17.6. The van der Waals surface area contributed by atoms with E-state index in [1.165, 1.54) is 17.5 Å². The van der Waals surface area contributed by atoms with Gasteiger partial charge in [-0.15, -0.1) is 0 Å². The quantitative estimate of drug-likeness (QED) is 0.790. The van der Waals surface area contributed by atoms with Crippen LogP contribution in [-0.2, 0) is 22.6 Å². The van der Waals surface area contributed by atoms with Gasteiger partial charge in [0.2, 0.25) is 0 Å². The molecule has 0 aliphatic carbocycles. The molecule has 2 aromatic rings. The first kappa shape index (κ1) is 18.1. The molecule has 1 aromatic heterocycles. The van der Waals surface area contributed by atoms with Crippen molar-refractivity contribution in [1.29, 1.82) is 0 Å². The summed E-state index contributed by atoms with van der Waals surface area (Å²) in [6.07, 6.45) is 3.60. The molecule has 0 radical (unpaired) electrons. The molecule has 6 nitrogen and oxygen atoms in total. The van der Waals surface area contributed by atoms with Crippen molar-refractivity contribution in [2.45, 2.75) is 58.8 Å². The number of benzene rings is 1. The number of hydrogen-bond acceptors (Lipinski definition) is 5. The molecule has 0 spiro atoms. The van der Waals surface area contributed by atoms with E-state index in [-0.39, 0.29) is 12.0 Å². The third kappa shape index (κ3) is 6.50. The molecule has 1 N–H and O–H groups in total. The minimum atomic E-state index is -0.434. The van der Waals surface area contributed by atoms with Gasteiger partial charge in [-0.05, 0) is 38.8 Å². The summed E-state index contributed by atoms with van der Waals surface area (Å²) < 4.78 is 7.12. The molecule has 1 atom stereocenters. The lowest BCUT2D eigenvalue weighted by molar-refractivity contribution is -0.155. The zero-order valence-electron chi connectivity index (χ0n) is 14.8. The van der Waals surface area contributed by atoms with Crippen LogP contribution in [0.2, 0.25) is 0 Å². The summed E-state index contributed by atoms with van der Waals surface area (Å²) in [6, 6.07) is 8.39. The van der Waals surface area contributed by atoms with Gasteiger partial charge in [0, 0.05) is 12.6 Å². The smallest absolute Gasteiger partial charge is 0.307 e. The number of hydrogen-bond donors (Lipinski definition) is 1. The van der Waals surface area contributed by atoms with E-state index in [0.717, 1.165) is 0 Å². The Hall–Kier alpha value is -2.21. The van der Waals surface area contributed by atoms with E-state index < -0.39 is 5.60 Å². The van der Waals surface area contributed by atoms with Crippen molar-refractivity contribution >= 4 is 5.97 Å². The number of esters is 1. The van der Waals surface area contributed by atoms with Gasteiger partial charge in [-0.2, -0.15) is 5.10 Å². The molecule has 24 heavy (non-hydrogen) atoms. The molecule has 0 amide bonds. The third-order valence-corrected chi connectivity index (χ3v) is 3.38. The first-order valence-corrected chi connectivity index (χ1v) is 8.17. The van der Waals surface area contributed by atoms with Crippen molar-refractivity contribution in [1.82, 2.24) is 20.1 Å². The predicted octanol–water partition coefficient (Wildman–Crippen LogP) is 2.54. The molecular weight excluding hydrogens is 304 g/mol. The Morgan fingerprint density at radius 2 is 1.92 bits per heavy atom. The highest BCUT2D eigenvalue weighted by molar-refractivity contribution is 5.70. The second-order valence-corrected chi connectivity index (χ2v) is 6.98. The highest BCUT2D eigenvalue weighted by atomic mass is 16.6. The number of carbonyl (C=O) groups is 1. The lowest BCUT2D eigenvalue weighted by atomic mass is 10.1. The van der Waals surface area contributed by atoms with Crippen LogP contribution in [0.25, 0.3) is 0 Å². The zero-order valence-corrected chi connectivity index (χ0v) is 14.8. The van der Waals surface area contributed by atoms with E-state index in [2.05, 4.69) is 39.7 Å². The standard InChI is InChI=1S/C18H26N4O2/c1-14(9-17(23)24-18(2,3)4)20-10-15-5-7-16(8-6-15)11-22-13-19-12-21-22/h5-8,12-14,20H,9-11H2,1-4H3. The Morgan fingerprint density at radius 1 is 1.25 bits per heavy atom. The number of nitrogens with one attached hydrogen (secondary N) is 1. The molecule has 6 heteroatoms. The predicted molar refractivity (Wildman–Crippen MR) is 92.3 cm³/mol. The van der Waals surface area contributed by atoms with Crippen LogP contribution >= 0.6 is 0 Å². The Morgan fingerprint density at radius 3 is 2.50 bits per heavy atom. The van der Waals surface area contributed by atoms with Crippen LogP contribution in [0, 0.1) is 0 Å². The van der Waals surface area contributed by atoms with Gasteiger partial charge >= 0.3 is 5.97 Å². The molecule has 0 fully saturated rings. The molecule has 1 aromatic carbocycles. The molecule has 0 saturated heterocycles. The average molecular weight is 330 g/mol. The minimum Gasteiger partial charge on any atom is -0.460 e. The van der Waals surface area contributed by atoms with E-state index in [0.29, 0.717) is 19.5 Å². The number of rotatable bonds is 7. The maximum atomic E-state index is 11.8. The highest BCUT2D eigenvalue weighted by Crippen LogP contribution is 2.10. The van der Waals surface area contributed by atoms with Crippen LogP contribution in [0.1, 0.15) is 45.2 Å². The van der Waals surface area contributed by atoms with E-state index >= 15 is 0 Å². The maximum absolute atomic E-state index is 11.8. The molecule has 0 aliphatic rings. The molecule has 0 bridgehead atoms. The average Bonchev–Trinajstić information content (AvgIpc) is 2.97. The number of ether oxygens (including phenoxy) is 1. The normalized spacial score (nSPS) is 12.8. The minimum absolute atomic E-state index is 0.0645. The van der Waals surface area contributed by atoms with Gasteiger partial charge < -0.3 is 10.1 Å². The third-order valence-electron chi connectivity index (χ3n) is 3.38. The fourth-order valence-corrected chi connectivity index (χ4v) is 2.26. The van der Waals surface area contributed by atoms with Crippen molar-refractivity contribution in [3.8, 4) is 0 Å². The van der Waals surface area contributed by atoms with Crippen LogP contribution in [0.4, 0.5) is 0 Å². The van der Waals surface area contributed by atoms with Gasteiger partial charge in [-0.1, -0.05) is 24.3 Å². The first-order chi connectivity index (χ1) is 11.3. The molecule has 1 unspecified atom stereocenters. The summed E-state index contributed by atoms with van der Waals surface area (Å²) in [5.74, 6) is -0.175. The molecule has 130 valence electrons. The van der Waals surface area contributed by atoms with Gasteiger partial charge in [-0.3, -0.25) is 4.79 Å². The van der Waals surface area contributed by atoms with Crippen molar-refractivity contribution in [2.24, 2.45) is 0 Å². The molecule has 0 saturated carbocycles. The highest BCUT2D eigenvalue weighted by Gasteiger charge is 2.18. The Kier molecular flexibility index (Phi) is 6.09. The Labute approximate surface area is 143 Å². The fourth-order valence-electron chi connectivity index (χ4n) is 2.26. The largest absolute Gasteiger partial charge is 0.460 e. The molecule has 0 aliphatic heterocycles. The van der Waals surface area contributed by atoms with Crippen molar-refractivity contribution in [2.75, 3.05) is 0 Å². The number of carbonyl (C=O) groups excluding carboxylic acids is 1. The molecule has 1 heterocycles. The first-order valence-electron chi connectivity index (χ1n) is 8.17. The lowest BCUT2D eigenvalue weighted by Gasteiger charge is -2.21. The van der Waals surface area contributed by atoms with E-state index in [1.807, 2.05) is 27.7 Å². The summed E-state index contributed by atoms with van der Waals surface area (Å²) in [5, 5.41) is 7.45. The molecule has 2 rings (SSSR count). The number of aromatic nitrogens is 3. The topological polar surface area (TPSA) is 69.0 Å². The maximum Gasteiger partial charge on any atom is 0.307 e. The van der Waals surface area contributed by atoms with Gasteiger partial charge in [0.15, 0.2) is 0 Å². The number of nitrogens with zero attached hydrogens (tertiary/aromatic N) is 3. The van der Waals surface area contributed by atoms with Crippen molar-refractivity contribution in [3.05, 3.63) is 48.0 Å². The van der Waals surface area contributed by atoms with Crippen LogP contribution < -0.4 is 5.32 Å². The van der Waals surface area contributed by atoms with Gasteiger partial charge in [0.1, 0.15) is 18.3 Å². The summed E-state index contributed by atoms with van der Waals surface area (Å²) in [7, 11) is 0. The van der Waals surface area contributed by atoms with Gasteiger partial charge in [0.25, 0.3) is 0 Å². The Bertz CT molecular complexity index is 630. The Balaban J connectivity index is 1.76. The van der Waals surface area contributed by atoms with Crippen molar-refractivity contribution < 1.29 is 9.53 Å². The van der Waals surface area contributed by atoms with E-state index in [9.17, 15) is 4.79 Å². The SMILES string of the molecule is CC(CC(=O)OC(C)(C)C)NCc1ccc(Cn2cncn2)cc1. The van der Waals surface area contributed by atoms with Crippen LogP contribution in [0.15, 0.2) is 36.9 Å². The monoisotopic (exact) mass is 330 g/mol. The summed E-state index contributed by atoms with van der Waals surface area (Å²) in [6.45, 7) is 9.05.